The average molecular weight is 795 g/mol. The number of hydrogen-bond acceptors (Lipinski definition) is 2. The van der Waals surface area contributed by atoms with Crippen molar-refractivity contribution in [2.24, 2.45) is 5.41 Å². The molecule has 2 heterocycles. The Morgan fingerprint density at radius 1 is 0.652 bits per heavy atom. The Labute approximate surface area is 315 Å². The van der Waals surface area contributed by atoms with Gasteiger partial charge in [-0.1, -0.05) is 85.5 Å². The Morgan fingerprint density at radius 3 is 2.04 bits per heavy atom. The van der Waals surface area contributed by atoms with Crippen molar-refractivity contribution in [1.82, 2.24) is 9.97 Å². The second-order valence-electron chi connectivity index (χ2n) is 10.5. The van der Waals surface area contributed by atoms with E-state index in [4.69, 9.17) is 21.9 Å². The summed E-state index contributed by atoms with van der Waals surface area (Å²) in [5, 5.41) is 0. The molecule has 3 heteroatoms. The van der Waals surface area contributed by atoms with Crippen LogP contribution >= 0.6 is 0 Å². The first-order valence-corrected chi connectivity index (χ1v) is 14.1. The van der Waals surface area contributed by atoms with Crippen LogP contribution in [0.3, 0.4) is 0 Å². The summed E-state index contributed by atoms with van der Waals surface area (Å²) < 4.78 is 168. The van der Waals surface area contributed by atoms with Gasteiger partial charge in [-0.05, 0) is 89.9 Å². The van der Waals surface area contributed by atoms with Gasteiger partial charge in [0.25, 0.3) is 0 Å². The second-order valence-corrected chi connectivity index (χ2v) is 10.5. The quantitative estimate of drug-likeness (QED) is 0.167. The van der Waals surface area contributed by atoms with Crippen LogP contribution in [0, 0.1) is 45.0 Å². The van der Waals surface area contributed by atoms with Crippen LogP contribution in [0.2, 0.25) is 0 Å². The standard InChI is InChI=1S/C25H24N.C18H14N.Ir/c1-16-8-9-21(24-10-17(2)18(3)15-26-24)23-14-25(13-22(16)23)11-19-6-4-5-7-20(19)12-25;1-14-13-19-18(16-10-6-3-7-11-16)12-17(14)15-8-4-2-5-9-15;/h4-8,10,15H,11-14H2,1-3H3;2-10,12-13H,1H3;/q2*-1;/i1D3,2D3,3D3,11D2,12D2,13D2,14D2;1D3;. The van der Waals surface area contributed by atoms with Crippen molar-refractivity contribution in [2.75, 3.05) is 0 Å². The number of pyridine rings is 2. The first-order chi connectivity index (χ1) is 29.8. The van der Waals surface area contributed by atoms with Gasteiger partial charge in [-0.15, -0.1) is 70.3 Å². The van der Waals surface area contributed by atoms with Gasteiger partial charge in [-0.25, -0.2) is 0 Å². The van der Waals surface area contributed by atoms with Gasteiger partial charge in [0.05, 0.1) is 0 Å². The van der Waals surface area contributed by atoms with E-state index in [-0.39, 0.29) is 42.5 Å². The van der Waals surface area contributed by atoms with Gasteiger partial charge in [0.2, 0.25) is 0 Å². The molecule has 6 aromatic rings. The number of benzene rings is 4. The van der Waals surface area contributed by atoms with Gasteiger partial charge in [0, 0.05) is 59.9 Å². The molecule has 0 atom stereocenters. The fraction of sp³-hybridized carbons (Fsp3) is 0.209. The molecule has 1 radical (unpaired) electrons. The maximum absolute atomic E-state index is 9.38. The summed E-state index contributed by atoms with van der Waals surface area (Å²) in [6.45, 7) is -11.2. The predicted molar refractivity (Wildman–Crippen MR) is 185 cm³/mol. The van der Waals surface area contributed by atoms with Gasteiger partial charge in [-0.2, -0.15) is 0 Å². The zero-order valence-electron chi connectivity index (χ0n) is 44.1. The van der Waals surface area contributed by atoms with Gasteiger partial charge < -0.3 is 9.97 Å². The van der Waals surface area contributed by atoms with Crippen LogP contribution in [0.25, 0.3) is 33.6 Å². The number of hydrogen-bond donors (Lipinski definition) is 0. The molecule has 231 valence electrons. The van der Waals surface area contributed by atoms with E-state index >= 15 is 0 Å². The zero-order chi connectivity index (χ0) is 48.1. The van der Waals surface area contributed by atoms with Crippen molar-refractivity contribution in [3.05, 3.63) is 166 Å². The molecule has 46 heavy (non-hydrogen) atoms. The third-order valence-corrected chi connectivity index (χ3v) is 7.46. The van der Waals surface area contributed by atoms with Crippen molar-refractivity contribution < 1.29 is 47.5 Å². The summed E-state index contributed by atoms with van der Waals surface area (Å²) in [4.78, 5) is 8.35. The maximum Gasteiger partial charge on any atom is 0.0322 e. The van der Waals surface area contributed by atoms with E-state index < -0.39 is 91.7 Å². The molecular weight excluding hydrogens is 737 g/mol. The number of aryl methyl sites for hydroxylation is 4. The Balaban J connectivity index is 0.000000263. The summed E-state index contributed by atoms with van der Waals surface area (Å²) in [6, 6.07) is 31.5. The molecule has 0 saturated carbocycles. The fourth-order valence-electron chi connectivity index (χ4n) is 5.28. The molecule has 1 spiro atoms. The van der Waals surface area contributed by atoms with E-state index in [0.29, 0.717) is 11.3 Å². The van der Waals surface area contributed by atoms with E-state index in [1.165, 1.54) is 30.5 Å². The predicted octanol–water partition coefficient (Wildman–Crippen LogP) is 9.88. The third-order valence-electron chi connectivity index (χ3n) is 7.46. The molecule has 0 fully saturated rings. The molecule has 0 amide bonds. The molecule has 2 nitrogen and oxygen atoms in total. The minimum Gasteiger partial charge on any atom is -0.304 e. The van der Waals surface area contributed by atoms with Gasteiger partial charge >= 0.3 is 0 Å². The van der Waals surface area contributed by atoms with E-state index in [2.05, 4.69) is 22.1 Å². The first kappa shape index (κ1) is 15.6. The molecule has 0 aliphatic heterocycles. The summed E-state index contributed by atoms with van der Waals surface area (Å²) in [5.74, 6) is 0. The molecule has 2 aromatic heterocycles. The van der Waals surface area contributed by atoms with E-state index in [1.54, 1.807) is 0 Å². The normalized spacial score (nSPS) is 25.7. The summed E-state index contributed by atoms with van der Waals surface area (Å²) in [5.41, 5.74) is -4.86. The van der Waals surface area contributed by atoms with Crippen molar-refractivity contribution in [1.29, 1.82) is 0 Å². The van der Waals surface area contributed by atoms with Gasteiger partial charge in [0.1, 0.15) is 0 Å². The summed E-state index contributed by atoms with van der Waals surface area (Å²) >= 11 is 0. The number of aromatic nitrogens is 2. The van der Waals surface area contributed by atoms with Crippen LogP contribution < -0.4 is 0 Å². The van der Waals surface area contributed by atoms with Crippen molar-refractivity contribution >= 4 is 0 Å². The maximum atomic E-state index is 9.38. The largest absolute Gasteiger partial charge is 0.304 e. The number of nitrogens with zero attached hydrogens (tertiary/aromatic N) is 2. The molecule has 0 N–H and O–H groups in total. The van der Waals surface area contributed by atoms with Crippen LogP contribution in [-0.4, -0.2) is 9.97 Å². The fourth-order valence-corrected chi connectivity index (χ4v) is 5.28. The Morgan fingerprint density at radius 2 is 1.33 bits per heavy atom. The zero-order valence-corrected chi connectivity index (χ0v) is 26.5. The van der Waals surface area contributed by atoms with Crippen LogP contribution in [0.1, 0.15) is 71.9 Å². The second kappa shape index (κ2) is 13.3. The summed E-state index contributed by atoms with van der Waals surface area (Å²) in [6.07, 6.45) is -10.5. The Hall–Kier alpha value is -4.17. The van der Waals surface area contributed by atoms with Crippen molar-refractivity contribution in [3.63, 3.8) is 0 Å². The monoisotopic (exact) mass is 795 g/mol. The minimum atomic E-state index is -3.32. The average Bonchev–Trinajstić information content (AvgIpc) is 3.48. The Kier molecular flexibility index (Phi) is 4.51. The Bertz CT molecular complexity index is 2740. The minimum absolute atomic E-state index is 0. The number of fused-ring (bicyclic) bond motifs is 2. The molecule has 0 unspecified atom stereocenters. The SMILES string of the molecule is [2H]C([2H])([2H])c1cnc(-c2[c-]cc(C([2H])([2H])[2H])c3c2C([2H])([2H])C2(C([2H])([2H])c4ccccc4C2([2H])[2H])C3([2H])[2H])cc1C([2H])([2H])[2H].[2H]C([2H])([2H])c1cnc(-c2[c-]cccc2)cc1-c1ccccc1.[Ir]. The topological polar surface area (TPSA) is 25.8 Å². The molecule has 2 aliphatic rings. The molecular formula is C43H38IrN2-2. The smallest absolute Gasteiger partial charge is 0.0322 e. The van der Waals surface area contributed by atoms with Gasteiger partial charge in [0.15, 0.2) is 0 Å². The van der Waals surface area contributed by atoms with E-state index in [0.717, 1.165) is 29.5 Å². The molecule has 0 saturated heterocycles. The molecule has 8 rings (SSSR count). The van der Waals surface area contributed by atoms with Gasteiger partial charge in [-0.3, -0.25) is 0 Å². The van der Waals surface area contributed by atoms with Crippen molar-refractivity contribution in [2.45, 2.75) is 52.9 Å². The van der Waals surface area contributed by atoms with Crippen LogP contribution in [0.5, 0.6) is 0 Å². The molecule has 4 aromatic carbocycles. The third kappa shape index (κ3) is 6.27. The molecule has 0 bridgehead atoms. The van der Waals surface area contributed by atoms with Crippen molar-refractivity contribution in [3.8, 4) is 33.6 Å². The first-order valence-electron chi connectivity index (χ1n) is 24.1. The van der Waals surface area contributed by atoms with Crippen LogP contribution in [0.4, 0.5) is 0 Å². The van der Waals surface area contributed by atoms with E-state index in [1.807, 2.05) is 60.7 Å². The van der Waals surface area contributed by atoms with Crippen LogP contribution in [0.15, 0.2) is 109 Å². The van der Waals surface area contributed by atoms with Crippen LogP contribution in [-0.2, 0) is 45.6 Å². The van der Waals surface area contributed by atoms with E-state index in [9.17, 15) is 5.48 Å². The number of rotatable bonds is 3. The molecule has 2 aliphatic carbocycles. The summed E-state index contributed by atoms with van der Waals surface area (Å²) in [7, 11) is 0.